The average Bonchev–Trinajstić information content (AvgIpc) is 2.45. The molecule has 0 aliphatic heterocycles. The van der Waals surface area contributed by atoms with Crippen molar-refractivity contribution >= 4 is 23.4 Å². The molecule has 0 bridgehead atoms. The molecule has 23 heavy (non-hydrogen) atoms. The molecule has 0 heterocycles. The molecule has 0 aliphatic carbocycles. The quantitative estimate of drug-likeness (QED) is 0.662. The largest absolute Gasteiger partial charge is 0.495 e. The fraction of sp³-hybridized carbons (Fsp3) is 0.500. The van der Waals surface area contributed by atoms with Gasteiger partial charge < -0.3 is 20.9 Å². The monoisotopic (exact) mass is 342 g/mol. The second kappa shape index (κ2) is 8.74. The summed E-state index contributed by atoms with van der Waals surface area (Å²) < 4.78 is 5.06. The Labute approximate surface area is 141 Å². The predicted molar refractivity (Wildman–Crippen MR) is 88.3 cm³/mol. The first-order valence-corrected chi connectivity index (χ1v) is 7.72. The number of hydrogen-bond donors (Lipinski definition) is 3. The topological polar surface area (TPSA) is 102 Å². The van der Waals surface area contributed by atoms with Gasteiger partial charge in [0.15, 0.2) is 0 Å². The van der Waals surface area contributed by atoms with Gasteiger partial charge in [-0.05, 0) is 30.0 Å². The maximum atomic E-state index is 11.9. The van der Waals surface area contributed by atoms with Crippen LogP contribution in [0.2, 0.25) is 5.02 Å². The van der Waals surface area contributed by atoms with Crippen LogP contribution in [0.3, 0.4) is 0 Å². The van der Waals surface area contributed by atoms with Crippen LogP contribution in [-0.4, -0.2) is 36.2 Å². The maximum absolute atomic E-state index is 11.9. The molecule has 1 rings (SSSR count). The molecular formula is C16H23ClN2O4. The fourth-order valence-electron chi connectivity index (χ4n) is 2.12. The zero-order chi connectivity index (χ0) is 17.6. The van der Waals surface area contributed by atoms with Gasteiger partial charge in [-0.1, -0.05) is 31.5 Å². The number of methoxy groups -OCH3 is 1. The lowest BCUT2D eigenvalue weighted by Gasteiger charge is -2.19. The summed E-state index contributed by atoms with van der Waals surface area (Å²) in [5.74, 6) is -0.616. The minimum absolute atomic E-state index is 0.156. The van der Waals surface area contributed by atoms with Crippen molar-refractivity contribution in [2.24, 2.45) is 11.7 Å². The van der Waals surface area contributed by atoms with Gasteiger partial charge in [-0.15, -0.1) is 0 Å². The number of hydrogen-bond acceptors (Lipinski definition) is 4. The third-order valence-electron chi connectivity index (χ3n) is 3.31. The highest BCUT2D eigenvalue weighted by atomic mass is 35.5. The van der Waals surface area contributed by atoms with Crippen molar-refractivity contribution in [2.45, 2.75) is 38.8 Å². The van der Waals surface area contributed by atoms with Crippen molar-refractivity contribution in [1.82, 2.24) is 5.32 Å². The number of halogens is 1. The molecule has 0 unspecified atom stereocenters. The van der Waals surface area contributed by atoms with E-state index in [4.69, 9.17) is 22.1 Å². The molecule has 2 amide bonds. The number of aliphatic hydroxyl groups is 1. The molecule has 4 N–H and O–H groups in total. The van der Waals surface area contributed by atoms with Crippen LogP contribution in [0.25, 0.3) is 0 Å². The molecular weight excluding hydrogens is 320 g/mol. The highest BCUT2D eigenvalue weighted by Gasteiger charge is 2.23. The van der Waals surface area contributed by atoms with Gasteiger partial charge in [-0.3, -0.25) is 9.59 Å². The lowest BCUT2D eigenvalue weighted by Crippen LogP contribution is -2.49. The molecule has 2 atom stereocenters. The number of carbonyl (C=O) groups excluding carboxylic acids is 2. The van der Waals surface area contributed by atoms with Gasteiger partial charge in [0.2, 0.25) is 11.8 Å². The van der Waals surface area contributed by atoms with Gasteiger partial charge >= 0.3 is 0 Å². The summed E-state index contributed by atoms with van der Waals surface area (Å²) in [5.41, 5.74) is 6.06. The fourth-order valence-corrected chi connectivity index (χ4v) is 2.40. The van der Waals surface area contributed by atoms with Crippen LogP contribution in [0.15, 0.2) is 18.2 Å². The minimum Gasteiger partial charge on any atom is -0.495 e. The molecule has 0 radical (unpaired) electrons. The van der Waals surface area contributed by atoms with Crippen LogP contribution < -0.4 is 15.8 Å². The second-order valence-corrected chi connectivity index (χ2v) is 6.19. The van der Waals surface area contributed by atoms with E-state index >= 15 is 0 Å². The molecule has 6 nitrogen and oxygen atoms in total. The summed E-state index contributed by atoms with van der Waals surface area (Å²) in [6.45, 7) is 3.78. The Kier molecular flexibility index (Phi) is 7.32. The zero-order valence-corrected chi connectivity index (χ0v) is 14.3. The van der Waals surface area contributed by atoms with E-state index in [0.29, 0.717) is 17.2 Å². The van der Waals surface area contributed by atoms with E-state index in [1.165, 1.54) is 7.11 Å². The molecule has 0 saturated carbocycles. The molecule has 7 heteroatoms. The van der Waals surface area contributed by atoms with E-state index < -0.39 is 24.0 Å². The molecule has 0 aliphatic rings. The van der Waals surface area contributed by atoms with Gasteiger partial charge in [0, 0.05) is 6.42 Å². The van der Waals surface area contributed by atoms with Crippen LogP contribution in [0.1, 0.15) is 25.8 Å². The Morgan fingerprint density at radius 3 is 2.52 bits per heavy atom. The van der Waals surface area contributed by atoms with Crippen molar-refractivity contribution in [2.75, 3.05) is 7.11 Å². The maximum Gasteiger partial charge on any atom is 0.249 e. The average molecular weight is 343 g/mol. The van der Waals surface area contributed by atoms with Crippen LogP contribution in [-0.2, 0) is 16.0 Å². The number of benzene rings is 1. The van der Waals surface area contributed by atoms with Crippen molar-refractivity contribution < 1.29 is 19.4 Å². The lowest BCUT2D eigenvalue weighted by atomic mass is 10.0. The van der Waals surface area contributed by atoms with E-state index in [0.717, 1.165) is 5.56 Å². The smallest absolute Gasteiger partial charge is 0.249 e. The number of rotatable bonds is 8. The third kappa shape index (κ3) is 6.08. The van der Waals surface area contributed by atoms with Crippen LogP contribution in [0.5, 0.6) is 5.75 Å². The summed E-state index contributed by atoms with van der Waals surface area (Å²) in [6, 6.07) is 4.13. The predicted octanol–water partition coefficient (Wildman–Crippen LogP) is 1.27. The number of amides is 2. The van der Waals surface area contributed by atoms with E-state index in [1.807, 2.05) is 13.8 Å². The number of aliphatic hydroxyl groups excluding tert-OH is 1. The Bertz CT molecular complexity index is 563. The standard InChI is InChI=1S/C16H23ClN2O4/c1-9(2)6-13(20)16(22)19-12(15(18)21)8-10-4-5-14(23-3)11(17)7-10/h4-5,7,9,12-13,20H,6,8H2,1-3H3,(H2,18,21)(H,19,22)/t12-,13+/m1/s1. The van der Waals surface area contributed by atoms with Crippen molar-refractivity contribution in [3.8, 4) is 5.75 Å². The van der Waals surface area contributed by atoms with Crippen molar-refractivity contribution in [3.63, 3.8) is 0 Å². The number of carbonyl (C=O) groups is 2. The van der Waals surface area contributed by atoms with Gasteiger partial charge in [0.05, 0.1) is 12.1 Å². The minimum atomic E-state index is -1.17. The van der Waals surface area contributed by atoms with E-state index in [1.54, 1.807) is 18.2 Å². The first-order chi connectivity index (χ1) is 10.7. The van der Waals surface area contributed by atoms with Crippen molar-refractivity contribution in [1.29, 1.82) is 0 Å². The summed E-state index contributed by atoms with van der Waals surface area (Å²) in [6.07, 6.45) is -0.679. The Morgan fingerprint density at radius 2 is 2.04 bits per heavy atom. The first kappa shape index (κ1) is 19.3. The number of primary amides is 1. The lowest BCUT2D eigenvalue weighted by molar-refractivity contribution is -0.133. The highest BCUT2D eigenvalue weighted by Crippen LogP contribution is 2.25. The van der Waals surface area contributed by atoms with E-state index in [2.05, 4.69) is 5.32 Å². The van der Waals surface area contributed by atoms with Crippen LogP contribution >= 0.6 is 11.6 Å². The summed E-state index contributed by atoms with van der Waals surface area (Å²) in [5, 5.41) is 12.7. The summed E-state index contributed by atoms with van der Waals surface area (Å²) in [4.78, 5) is 23.5. The first-order valence-electron chi connectivity index (χ1n) is 7.34. The van der Waals surface area contributed by atoms with Crippen LogP contribution in [0.4, 0.5) is 0 Å². The molecule has 0 spiro atoms. The molecule has 0 saturated heterocycles. The number of ether oxygens (including phenoxy) is 1. The Morgan fingerprint density at radius 1 is 1.39 bits per heavy atom. The Hall–Kier alpha value is -1.79. The zero-order valence-electron chi connectivity index (χ0n) is 13.5. The molecule has 1 aromatic rings. The molecule has 0 fully saturated rings. The second-order valence-electron chi connectivity index (χ2n) is 5.78. The molecule has 0 aromatic heterocycles. The SMILES string of the molecule is COc1ccc(C[C@@H](NC(=O)[C@@H](O)CC(C)C)C(N)=O)cc1Cl. The van der Waals surface area contributed by atoms with Gasteiger partial charge in [-0.25, -0.2) is 0 Å². The van der Waals surface area contributed by atoms with Gasteiger partial charge in [0.25, 0.3) is 0 Å². The summed E-state index contributed by atoms with van der Waals surface area (Å²) >= 11 is 6.04. The number of nitrogens with two attached hydrogens (primary N) is 1. The van der Waals surface area contributed by atoms with Crippen molar-refractivity contribution in [3.05, 3.63) is 28.8 Å². The van der Waals surface area contributed by atoms with Gasteiger partial charge in [-0.2, -0.15) is 0 Å². The summed E-state index contributed by atoms with van der Waals surface area (Å²) in [7, 11) is 1.50. The van der Waals surface area contributed by atoms with Gasteiger partial charge in [0.1, 0.15) is 17.9 Å². The highest BCUT2D eigenvalue weighted by molar-refractivity contribution is 6.32. The van der Waals surface area contributed by atoms with E-state index in [9.17, 15) is 14.7 Å². The third-order valence-corrected chi connectivity index (χ3v) is 3.61. The normalized spacial score (nSPS) is 13.5. The molecule has 128 valence electrons. The van der Waals surface area contributed by atoms with Crippen LogP contribution in [0, 0.1) is 5.92 Å². The Balaban J connectivity index is 2.78. The number of nitrogens with one attached hydrogen (secondary N) is 1. The van der Waals surface area contributed by atoms with E-state index in [-0.39, 0.29) is 12.3 Å². The molecule has 1 aromatic carbocycles.